The predicted molar refractivity (Wildman–Crippen MR) is 71.2 cm³/mol. The van der Waals surface area contributed by atoms with E-state index in [4.69, 9.17) is 0 Å². The molecule has 0 saturated heterocycles. The van der Waals surface area contributed by atoms with Gasteiger partial charge in [-0.05, 0) is 31.4 Å². The second-order valence-corrected chi connectivity index (χ2v) is 4.39. The Morgan fingerprint density at radius 3 is 2.56 bits per heavy atom. The maximum atomic E-state index is 11.6. The van der Waals surface area contributed by atoms with E-state index in [0.29, 0.717) is 6.54 Å². The Balaban J connectivity index is 2.36. The highest BCUT2D eigenvalue weighted by Gasteiger charge is 2.12. The molecule has 0 saturated carbocycles. The summed E-state index contributed by atoms with van der Waals surface area (Å²) in [5.74, 6) is -0.352. The van der Waals surface area contributed by atoms with Crippen molar-refractivity contribution >= 4 is 11.8 Å². The van der Waals surface area contributed by atoms with Crippen LogP contribution < -0.4 is 10.6 Å². The minimum absolute atomic E-state index is 0.154. The van der Waals surface area contributed by atoms with E-state index < -0.39 is 6.04 Å². The number of hydrogen-bond donors (Lipinski definition) is 2. The van der Waals surface area contributed by atoms with Crippen LogP contribution in [0.1, 0.15) is 25.0 Å². The molecule has 0 aromatic heterocycles. The van der Waals surface area contributed by atoms with Crippen LogP contribution in [0.2, 0.25) is 0 Å². The molecule has 1 rings (SSSR count). The Hall–Kier alpha value is -1.84. The lowest BCUT2D eigenvalue weighted by atomic mass is 10.1. The van der Waals surface area contributed by atoms with Gasteiger partial charge in [0.15, 0.2) is 0 Å². The van der Waals surface area contributed by atoms with Crippen molar-refractivity contribution in [3.05, 3.63) is 35.4 Å². The molecule has 1 atom stereocenters. The lowest BCUT2D eigenvalue weighted by molar-refractivity contribution is -0.127. The van der Waals surface area contributed by atoms with Gasteiger partial charge in [0, 0.05) is 13.5 Å². The number of carbonyl (C=O) groups is 2. The number of nitrogens with one attached hydrogen (secondary N) is 2. The summed E-state index contributed by atoms with van der Waals surface area (Å²) in [7, 11) is 0. The molecule has 0 aliphatic rings. The summed E-state index contributed by atoms with van der Waals surface area (Å²) >= 11 is 0. The summed E-state index contributed by atoms with van der Waals surface area (Å²) in [5, 5.41) is 5.36. The number of benzene rings is 1. The molecule has 1 aromatic carbocycles. The lowest BCUT2D eigenvalue weighted by Gasteiger charge is -2.13. The molecule has 0 radical (unpaired) electrons. The van der Waals surface area contributed by atoms with Gasteiger partial charge >= 0.3 is 0 Å². The van der Waals surface area contributed by atoms with Crippen molar-refractivity contribution in [3.63, 3.8) is 0 Å². The Morgan fingerprint density at radius 2 is 1.94 bits per heavy atom. The Bertz CT molecular complexity index is 430. The Kier molecular flexibility index (Phi) is 5.36. The van der Waals surface area contributed by atoms with Crippen LogP contribution in [0.4, 0.5) is 0 Å². The fourth-order valence-corrected chi connectivity index (χ4v) is 1.73. The smallest absolute Gasteiger partial charge is 0.242 e. The number of amides is 2. The first-order chi connectivity index (χ1) is 8.50. The third-order valence-electron chi connectivity index (χ3n) is 2.77. The third-order valence-corrected chi connectivity index (χ3v) is 2.77. The molecule has 18 heavy (non-hydrogen) atoms. The molecule has 0 heterocycles. The molecule has 0 aliphatic carbocycles. The monoisotopic (exact) mass is 248 g/mol. The standard InChI is InChI=1S/C14H20N2O2/c1-10-6-4-5-7-13(10)8-9-15-14(18)11(2)16-12(3)17/h4-7,11H,8-9H2,1-3H3,(H,15,18)(H,16,17)/t11-/m1/s1. The Morgan fingerprint density at radius 1 is 1.28 bits per heavy atom. The maximum absolute atomic E-state index is 11.6. The van der Waals surface area contributed by atoms with Crippen LogP contribution in [0.5, 0.6) is 0 Å². The molecule has 2 N–H and O–H groups in total. The molecular weight excluding hydrogens is 228 g/mol. The zero-order valence-electron chi connectivity index (χ0n) is 11.1. The van der Waals surface area contributed by atoms with E-state index >= 15 is 0 Å². The molecule has 1 aromatic rings. The van der Waals surface area contributed by atoms with Crippen molar-refractivity contribution in [1.82, 2.24) is 10.6 Å². The lowest BCUT2D eigenvalue weighted by Crippen LogP contribution is -2.44. The van der Waals surface area contributed by atoms with E-state index in [2.05, 4.69) is 29.7 Å². The highest BCUT2D eigenvalue weighted by Crippen LogP contribution is 2.06. The zero-order chi connectivity index (χ0) is 13.5. The topological polar surface area (TPSA) is 58.2 Å². The molecule has 4 heteroatoms. The van der Waals surface area contributed by atoms with Crippen LogP contribution in [0.15, 0.2) is 24.3 Å². The van der Waals surface area contributed by atoms with Crippen molar-refractivity contribution in [1.29, 1.82) is 0 Å². The second kappa shape index (κ2) is 6.79. The van der Waals surface area contributed by atoms with Gasteiger partial charge in [0.25, 0.3) is 0 Å². The summed E-state index contributed by atoms with van der Waals surface area (Å²) in [4.78, 5) is 22.4. The first-order valence-electron chi connectivity index (χ1n) is 6.10. The van der Waals surface area contributed by atoms with Gasteiger partial charge in [-0.3, -0.25) is 9.59 Å². The maximum Gasteiger partial charge on any atom is 0.242 e. The SMILES string of the molecule is CC(=O)N[C@H](C)C(=O)NCCc1ccccc1C. The van der Waals surface area contributed by atoms with Gasteiger partial charge in [-0.1, -0.05) is 24.3 Å². The first-order valence-corrected chi connectivity index (χ1v) is 6.10. The fraction of sp³-hybridized carbons (Fsp3) is 0.429. The second-order valence-electron chi connectivity index (χ2n) is 4.39. The fourth-order valence-electron chi connectivity index (χ4n) is 1.73. The van der Waals surface area contributed by atoms with Gasteiger partial charge in [0.1, 0.15) is 6.04 Å². The zero-order valence-corrected chi connectivity index (χ0v) is 11.1. The van der Waals surface area contributed by atoms with Crippen molar-refractivity contribution in [2.75, 3.05) is 6.54 Å². The van der Waals surface area contributed by atoms with E-state index in [1.54, 1.807) is 6.92 Å². The minimum Gasteiger partial charge on any atom is -0.354 e. The molecule has 0 aliphatic heterocycles. The highest BCUT2D eigenvalue weighted by molar-refractivity contribution is 5.86. The summed E-state index contributed by atoms with van der Waals surface area (Å²) in [5.41, 5.74) is 2.45. The molecule has 0 unspecified atom stereocenters. The number of aryl methyl sites for hydroxylation is 1. The van der Waals surface area contributed by atoms with Gasteiger partial charge < -0.3 is 10.6 Å². The van der Waals surface area contributed by atoms with Gasteiger partial charge in [-0.2, -0.15) is 0 Å². The van der Waals surface area contributed by atoms with Gasteiger partial charge in [-0.25, -0.2) is 0 Å². The van der Waals surface area contributed by atoms with Crippen molar-refractivity contribution in [3.8, 4) is 0 Å². The average molecular weight is 248 g/mol. The first kappa shape index (κ1) is 14.2. The van der Waals surface area contributed by atoms with E-state index in [1.807, 2.05) is 12.1 Å². The molecule has 98 valence electrons. The average Bonchev–Trinajstić information content (AvgIpc) is 2.30. The van der Waals surface area contributed by atoms with E-state index in [-0.39, 0.29) is 11.8 Å². The van der Waals surface area contributed by atoms with Crippen molar-refractivity contribution in [2.45, 2.75) is 33.2 Å². The molecule has 0 spiro atoms. The number of hydrogen-bond acceptors (Lipinski definition) is 2. The number of carbonyl (C=O) groups excluding carboxylic acids is 2. The summed E-state index contributed by atoms with van der Waals surface area (Å²) < 4.78 is 0. The summed E-state index contributed by atoms with van der Waals surface area (Å²) in [6, 6.07) is 7.61. The van der Waals surface area contributed by atoms with Crippen LogP contribution in [0, 0.1) is 6.92 Å². The van der Waals surface area contributed by atoms with E-state index in [1.165, 1.54) is 18.1 Å². The molecule has 4 nitrogen and oxygen atoms in total. The number of rotatable bonds is 5. The predicted octanol–water partition coefficient (Wildman–Crippen LogP) is 1.18. The largest absolute Gasteiger partial charge is 0.354 e. The van der Waals surface area contributed by atoms with Crippen LogP contribution in [-0.4, -0.2) is 24.4 Å². The molecular formula is C14H20N2O2. The van der Waals surface area contributed by atoms with Gasteiger partial charge in [0.05, 0.1) is 0 Å². The van der Waals surface area contributed by atoms with Crippen LogP contribution in [0.25, 0.3) is 0 Å². The van der Waals surface area contributed by atoms with Crippen molar-refractivity contribution in [2.24, 2.45) is 0 Å². The van der Waals surface area contributed by atoms with Gasteiger partial charge in [0.2, 0.25) is 11.8 Å². The van der Waals surface area contributed by atoms with E-state index in [9.17, 15) is 9.59 Å². The van der Waals surface area contributed by atoms with E-state index in [0.717, 1.165) is 6.42 Å². The minimum atomic E-state index is -0.487. The Labute approximate surface area is 108 Å². The summed E-state index contributed by atoms with van der Waals surface area (Å²) in [6.45, 7) is 5.70. The molecule has 0 fully saturated rings. The third kappa shape index (κ3) is 4.57. The van der Waals surface area contributed by atoms with Crippen molar-refractivity contribution < 1.29 is 9.59 Å². The quantitative estimate of drug-likeness (QED) is 0.822. The van der Waals surface area contributed by atoms with Gasteiger partial charge in [-0.15, -0.1) is 0 Å². The molecule has 2 amide bonds. The normalized spacial score (nSPS) is 11.7. The van der Waals surface area contributed by atoms with Crippen LogP contribution >= 0.6 is 0 Å². The summed E-state index contributed by atoms with van der Waals surface area (Å²) in [6.07, 6.45) is 0.797. The van der Waals surface area contributed by atoms with Crippen LogP contribution in [-0.2, 0) is 16.0 Å². The van der Waals surface area contributed by atoms with Crippen LogP contribution in [0.3, 0.4) is 0 Å². The highest BCUT2D eigenvalue weighted by atomic mass is 16.2. The molecule has 0 bridgehead atoms.